The predicted molar refractivity (Wildman–Crippen MR) is 129 cm³/mol. The van der Waals surface area contributed by atoms with Gasteiger partial charge in [-0.2, -0.15) is 16.1 Å². The second-order valence-electron chi connectivity index (χ2n) is 7.68. The van der Waals surface area contributed by atoms with Gasteiger partial charge in [-0.25, -0.2) is 8.42 Å². The molecule has 3 aromatic rings. The number of hydrogen-bond donors (Lipinski definition) is 2. The van der Waals surface area contributed by atoms with Gasteiger partial charge in [0.1, 0.15) is 10.6 Å². The highest BCUT2D eigenvalue weighted by Crippen LogP contribution is 2.27. The van der Waals surface area contributed by atoms with E-state index in [4.69, 9.17) is 0 Å². The molecule has 1 saturated heterocycles. The van der Waals surface area contributed by atoms with Gasteiger partial charge in [-0.05, 0) is 23.6 Å². The molecule has 168 valence electrons. The molecule has 0 atom stereocenters. The van der Waals surface area contributed by atoms with Crippen LogP contribution in [0.4, 0.5) is 0 Å². The lowest BCUT2D eigenvalue weighted by atomic mass is 9.88. The molecule has 1 aromatic heterocycles. The maximum atomic E-state index is 12.8. The summed E-state index contributed by atoms with van der Waals surface area (Å²) < 4.78 is 27.1. The van der Waals surface area contributed by atoms with E-state index >= 15 is 0 Å². The van der Waals surface area contributed by atoms with Crippen LogP contribution in [-0.2, 0) is 10.0 Å². The minimum Gasteiger partial charge on any atom is -0.356 e. The highest BCUT2D eigenvalue weighted by Gasteiger charge is 2.27. The number of aromatic nitrogens is 1. The number of nitrogens with one attached hydrogen (secondary N) is 2. The Morgan fingerprint density at radius 2 is 1.59 bits per heavy atom. The van der Waals surface area contributed by atoms with Gasteiger partial charge in [-0.15, -0.1) is 0 Å². The molecule has 0 saturated carbocycles. The van der Waals surface area contributed by atoms with Gasteiger partial charge in [0.15, 0.2) is 0 Å². The molecule has 2 aromatic carbocycles. The first-order valence-electron chi connectivity index (χ1n) is 10.7. The number of nitrogens with zero attached hydrogens (tertiary/aromatic N) is 1. The fraction of sp³-hybridized carbons (Fsp3) is 0.292. The van der Waals surface area contributed by atoms with Crippen LogP contribution in [0.3, 0.4) is 0 Å². The lowest BCUT2D eigenvalue weighted by Gasteiger charge is -2.24. The number of amides is 1. The summed E-state index contributed by atoms with van der Waals surface area (Å²) in [4.78, 5) is 15.6. The average molecular weight is 470 g/mol. The molecular formula is C24H27N3O3S2. The van der Waals surface area contributed by atoms with Gasteiger partial charge in [0.25, 0.3) is 5.91 Å². The highest BCUT2D eigenvalue weighted by atomic mass is 32.2. The van der Waals surface area contributed by atoms with E-state index in [1.54, 1.807) is 11.8 Å². The zero-order chi connectivity index (χ0) is 22.4. The summed E-state index contributed by atoms with van der Waals surface area (Å²) in [6.07, 6.45) is 2.14. The third-order valence-corrected chi connectivity index (χ3v) is 8.45. The third kappa shape index (κ3) is 5.26. The van der Waals surface area contributed by atoms with Crippen molar-refractivity contribution in [3.63, 3.8) is 0 Å². The Labute approximate surface area is 193 Å². The maximum Gasteiger partial charge on any atom is 0.267 e. The van der Waals surface area contributed by atoms with Crippen molar-refractivity contribution in [1.29, 1.82) is 0 Å². The van der Waals surface area contributed by atoms with E-state index in [-0.39, 0.29) is 22.4 Å². The number of hydrogen-bond acceptors (Lipinski definition) is 4. The summed E-state index contributed by atoms with van der Waals surface area (Å²) in [6.45, 7) is 1.47. The Morgan fingerprint density at radius 1 is 1.00 bits per heavy atom. The Hall–Kier alpha value is -2.55. The van der Waals surface area contributed by atoms with Crippen molar-refractivity contribution >= 4 is 27.7 Å². The first kappa shape index (κ1) is 22.6. The minimum atomic E-state index is -3.57. The lowest BCUT2D eigenvalue weighted by molar-refractivity contribution is 0.0948. The summed E-state index contributed by atoms with van der Waals surface area (Å²) in [7, 11) is -3.57. The quantitative estimate of drug-likeness (QED) is 0.527. The number of carbonyl (C=O) groups is 1. The smallest absolute Gasteiger partial charge is 0.267 e. The van der Waals surface area contributed by atoms with Crippen molar-refractivity contribution in [3.8, 4) is 0 Å². The molecule has 32 heavy (non-hydrogen) atoms. The van der Waals surface area contributed by atoms with E-state index in [0.29, 0.717) is 19.6 Å². The fourth-order valence-corrected chi connectivity index (χ4v) is 6.48. The number of sulfonamides is 1. The van der Waals surface area contributed by atoms with Crippen LogP contribution in [0.1, 0.15) is 34.0 Å². The lowest BCUT2D eigenvalue weighted by Crippen LogP contribution is -2.37. The molecule has 0 unspecified atom stereocenters. The molecule has 2 N–H and O–H groups in total. The van der Waals surface area contributed by atoms with E-state index < -0.39 is 10.0 Å². The molecule has 0 radical (unpaired) electrons. The predicted octanol–water partition coefficient (Wildman–Crippen LogP) is 3.70. The van der Waals surface area contributed by atoms with Crippen LogP contribution in [0.25, 0.3) is 0 Å². The molecule has 8 heteroatoms. The molecule has 4 rings (SSSR count). The average Bonchev–Trinajstić information content (AvgIpc) is 3.35. The zero-order valence-corrected chi connectivity index (χ0v) is 19.4. The molecule has 1 aliphatic heterocycles. The molecular weight excluding hydrogens is 442 g/mol. The number of H-pyrrole nitrogens is 1. The summed E-state index contributed by atoms with van der Waals surface area (Å²) in [5.74, 6) is 1.44. The van der Waals surface area contributed by atoms with E-state index in [2.05, 4.69) is 34.6 Å². The molecule has 1 amide bonds. The van der Waals surface area contributed by atoms with Crippen LogP contribution in [0.15, 0.2) is 77.8 Å². The standard InChI is InChI=1S/C24H27N3O3S2/c28-24(23-17-21(18-26-23)32(29,30)27-13-15-31-16-14-27)25-12-11-22(19-7-3-1-4-8-19)20-9-5-2-6-10-20/h1-10,17-18,22,26H,11-16H2,(H,25,28). The van der Waals surface area contributed by atoms with Crippen LogP contribution >= 0.6 is 11.8 Å². The molecule has 1 fully saturated rings. The molecule has 0 spiro atoms. The summed E-state index contributed by atoms with van der Waals surface area (Å²) in [5.41, 5.74) is 2.65. The number of benzene rings is 2. The topological polar surface area (TPSA) is 82.3 Å². The van der Waals surface area contributed by atoms with Gasteiger partial charge >= 0.3 is 0 Å². The Bertz CT molecular complexity index is 1090. The van der Waals surface area contributed by atoms with Crippen molar-refractivity contribution in [3.05, 3.63) is 89.7 Å². The van der Waals surface area contributed by atoms with Crippen molar-refractivity contribution in [2.75, 3.05) is 31.1 Å². The van der Waals surface area contributed by atoms with E-state index in [9.17, 15) is 13.2 Å². The van der Waals surface area contributed by atoms with Gasteiger partial charge in [0.2, 0.25) is 10.0 Å². The zero-order valence-electron chi connectivity index (χ0n) is 17.7. The van der Waals surface area contributed by atoms with Crippen LogP contribution < -0.4 is 5.32 Å². The second-order valence-corrected chi connectivity index (χ2v) is 10.8. The molecule has 2 heterocycles. The SMILES string of the molecule is O=C(NCCC(c1ccccc1)c1ccccc1)c1cc(S(=O)(=O)N2CCSCC2)c[nH]1. The van der Waals surface area contributed by atoms with E-state index in [0.717, 1.165) is 17.9 Å². The Balaban J connectivity index is 1.40. The maximum absolute atomic E-state index is 12.8. The van der Waals surface area contributed by atoms with E-state index in [1.165, 1.54) is 27.7 Å². The number of carbonyl (C=O) groups excluding carboxylic acids is 1. The van der Waals surface area contributed by atoms with Gasteiger partial charge in [0.05, 0.1) is 0 Å². The Morgan fingerprint density at radius 3 is 2.19 bits per heavy atom. The molecule has 6 nitrogen and oxygen atoms in total. The second kappa shape index (κ2) is 10.4. The van der Waals surface area contributed by atoms with Crippen LogP contribution in [-0.4, -0.2) is 54.8 Å². The summed E-state index contributed by atoms with van der Waals surface area (Å²) in [5, 5.41) is 2.93. The van der Waals surface area contributed by atoms with Gasteiger partial charge < -0.3 is 10.3 Å². The van der Waals surface area contributed by atoms with Gasteiger partial charge in [-0.1, -0.05) is 60.7 Å². The van der Waals surface area contributed by atoms with Crippen molar-refractivity contribution in [1.82, 2.24) is 14.6 Å². The minimum absolute atomic E-state index is 0.140. The molecule has 0 bridgehead atoms. The number of aromatic amines is 1. The number of rotatable bonds is 8. The van der Waals surface area contributed by atoms with Crippen LogP contribution in [0.5, 0.6) is 0 Å². The fourth-order valence-electron chi connectivity index (χ4n) is 3.91. The van der Waals surface area contributed by atoms with E-state index in [1.807, 2.05) is 36.4 Å². The van der Waals surface area contributed by atoms with Gasteiger partial charge in [-0.3, -0.25) is 4.79 Å². The molecule has 0 aliphatic carbocycles. The largest absolute Gasteiger partial charge is 0.356 e. The van der Waals surface area contributed by atoms with Gasteiger partial charge in [0, 0.05) is 43.3 Å². The van der Waals surface area contributed by atoms with Crippen molar-refractivity contribution in [2.24, 2.45) is 0 Å². The van der Waals surface area contributed by atoms with Crippen LogP contribution in [0.2, 0.25) is 0 Å². The number of thioether (sulfide) groups is 1. The molecule has 1 aliphatic rings. The highest BCUT2D eigenvalue weighted by molar-refractivity contribution is 7.99. The van der Waals surface area contributed by atoms with Crippen molar-refractivity contribution < 1.29 is 13.2 Å². The third-order valence-electron chi connectivity index (χ3n) is 5.63. The Kier molecular flexibility index (Phi) is 7.34. The summed E-state index contributed by atoms with van der Waals surface area (Å²) in [6, 6.07) is 21.9. The summed E-state index contributed by atoms with van der Waals surface area (Å²) >= 11 is 1.75. The normalized spacial score (nSPS) is 15.0. The first-order chi connectivity index (χ1) is 15.6. The monoisotopic (exact) mass is 469 g/mol. The first-order valence-corrected chi connectivity index (χ1v) is 13.3. The van der Waals surface area contributed by atoms with Crippen LogP contribution in [0, 0.1) is 0 Å². The van der Waals surface area contributed by atoms with Crippen molar-refractivity contribution in [2.45, 2.75) is 17.2 Å².